The second-order valence-corrected chi connectivity index (χ2v) is 8.65. The lowest BCUT2D eigenvalue weighted by Gasteiger charge is -2.22. The second-order valence-electron chi connectivity index (χ2n) is 8.65. The Kier molecular flexibility index (Phi) is 5.08. The predicted octanol–water partition coefficient (Wildman–Crippen LogP) is 3.25. The number of hydrogen-bond donors (Lipinski definition) is 2. The number of nitrogens with zero attached hydrogens (tertiary/aromatic N) is 2. The van der Waals surface area contributed by atoms with Crippen LogP contribution in [-0.2, 0) is 0 Å². The normalized spacial score (nSPS) is 20.4. The number of nitrogens with two attached hydrogens (primary N) is 1. The van der Waals surface area contributed by atoms with Crippen LogP contribution in [0.4, 0.5) is 14.5 Å². The fourth-order valence-electron chi connectivity index (χ4n) is 4.83. The van der Waals surface area contributed by atoms with E-state index >= 15 is 8.78 Å². The summed E-state index contributed by atoms with van der Waals surface area (Å²) >= 11 is 0. The van der Waals surface area contributed by atoms with Crippen molar-refractivity contribution in [3.05, 3.63) is 69.5 Å². The van der Waals surface area contributed by atoms with Crippen molar-refractivity contribution in [1.82, 2.24) is 4.57 Å². The third-order valence-corrected chi connectivity index (χ3v) is 6.57. The number of aromatic carboxylic acids is 1. The Labute approximate surface area is 188 Å². The summed E-state index contributed by atoms with van der Waals surface area (Å²) in [6, 6.07) is 7.83. The highest BCUT2D eigenvalue weighted by molar-refractivity contribution is 5.94. The fourth-order valence-corrected chi connectivity index (χ4v) is 4.83. The number of halogens is 2. The summed E-state index contributed by atoms with van der Waals surface area (Å²) in [6.07, 6.45) is 2.63. The first-order valence-corrected chi connectivity index (χ1v) is 10.7. The van der Waals surface area contributed by atoms with Crippen molar-refractivity contribution in [2.75, 3.05) is 25.1 Å². The quantitative estimate of drug-likeness (QED) is 0.613. The number of fused-ring (bicyclic) bond motifs is 1. The standard InChI is InChI=1S/C24H23F2N3O4/c1-33-19-5-3-2-4-13(19)15-9-28(11-18(15)27)22-17(25)8-14-21(20(22)26)29(12-6-7-12)10-16(23(14)30)24(31)32/h2-5,8,10,12,15,18H,6-7,9,11,27H2,1H3,(H,31,32)/t15-,18+/m0/s1. The Bertz CT molecular complexity index is 1340. The van der Waals surface area contributed by atoms with Crippen molar-refractivity contribution in [3.63, 3.8) is 0 Å². The van der Waals surface area contributed by atoms with Crippen molar-refractivity contribution in [3.8, 4) is 5.75 Å². The third-order valence-electron chi connectivity index (χ3n) is 6.57. The highest BCUT2D eigenvalue weighted by Crippen LogP contribution is 2.41. The highest BCUT2D eigenvalue weighted by Gasteiger charge is 2.37. The molecule has 2 aliphatic rings. The van der Waals surface area contributed by atoms with Crippen molar-refractivity contribution in [2.45, 2.75) is 30.8 Å². The van der Waals surface area contributed by atoms with Gasteiger partial charge in [-0.3, -0.25) is 4.79 Å². The molecule has 1 aliphatic carbocycles. The van der Waals surface area contributed by atoms with Crippen LogP contribution in [0.25, 0.3) is 10.9 Å². The van der Waals surface area contributed by atoms with Gasteiger partial charge in [-0.05, 0) is 25.0 Å². The van der Waals surface area contributed by atoms with Crippen LogP contribution in [-0.4, -0.2) is 41.9 Å². The number of aromatic nitrogens is 1. The van der Waals surface area contributed by atoms with E-state index in [-0.39, 0.29) is 41.6 Å². The SMILES string of the molecule is COc1ccccc1[C@@H]1CN(c2c(F)cc3c(=O)c(C(=O)O)cn(C4CC4)c3c2F)C[C@H]1N. The minimum Gasteiger partial charge on any atom is -0.496 e. The largest absolute Gasteiger partial charge is 0.496 e. The van der Waals surface area contributed by atoms with Gasteiger partial charge in [-0.25, -0.2) is 13.6 Å². The predicted molar refractivity (Wildman–Crippen MR) is 119 cm³/mol. The third kappa shape index (κ3) is 3.43. The lowest BCUT2D eigenvalue weighted by atomic mass is 9.94. The Morgan fingerprint density at radius 2 is 1.94 bits per heavy atom. The molecule has 0 bridgehead atoms. The number of methoxy groups -OCH3 is 1. The van der Waals surface area contributed by atoms with Gasteiger partial charge in [0.2, 0.25) is 5.43 Å². The maximum Gasteiger partial charge on any atom is 0.341 e. The van der Waals surface area contributed by atoms with Crippen molar-refractivity contribution < 1.29 is 23.4 Å². The van der Waals surface area contributed by atoms with Crippen molar-refractivity contribution in [2.24, 2.45) is 5.73 Å². The minimum atomic E-state index is -1.42. The average molecular weight is 455 g/mol. The number of carboxylic acid groups (broad SMARTS) is 1. The highest BCUT2D eigenvalue weighted by atomic mass is 19.1. The zero-order chi connectivity index (χ0) is 23.4. The first kappa shape index (κ1) is 21.4. The van der Waals surface area contributed by atoms with Crippen LogP contribution in [0.1, 0.15) is 40.7 Å². The molecule has 1 saturated carbocycles. The summed E-state index contributed by atoms with van der Waals surface area (Å²) in [4.78, 5) is 25.8. The summed E-state index contributed by atoms with van der Waals surface area (Å²) in [5.74, 6) is -2.78. The topological polar surface area (TPSA) is 97.8 Å². The van der Waals surface area contributed by atoms with Crippen LogP contribution < -0.4 is 20.8 Å². The molecule has 2 aromatic carbocycles. The maximum atomic E-state index is 15.9. The summed E-state index contributed by atoms with van der Waals surface area (Å²) in [7, 11) is 1.56. The lowest BCUT2D eigenvalue weighted by molar-refractivity contribution is 0.0694. The van der Waals surface area contributed by atoms with Gasteiger partial charge in [0.05, 0.1) is 18.0 Å². The first-order chi connectivity index (χ1) is 15.8. The second kappa shape index (κ2) is 7.84. The monoisotopic (exact) mass is 455 g/mol. The summed E-state index contributed by atoms with van der Waals surface area (Å²) in [5, 5.41) is 9.12. The van der Waals surface area contributed by atoms with E-state index in [9.17, 15) is 14.7 Å². The molecule has 3 N–H and O–H groups in total. The fraction of sp³-hybridized carbons (Fsp3) is 0.333. The van der Waals surface area contributed by atoms with Crippen LogP contribution in [0.5, 0.6) is 5.75 Å². The Balaban J connectivity index is 1.64. The summed E-state index contributed by atoms with van der Waals surface area (Å²) in [6.45, 7) is 0.477. The molecule has 0 radical (unpaired) electrons. The number of rotatable bonds is 5. The molecule has 172 valence electrons. The molecule has 7 nitrogen and oxygen atoms in total. The van der Waals surface area contributed by atoms with E-state index in [1.54, 1.807) is 12.0 Å². The van der Waals surface area contributed by atoms with Gasteiger partial charge in [0.15, 0.2) is 5.82 Å². The van der Waals surface area contributed by atoms with Gasteiger partial charge in [0, 0.05) is 42.9 Å². The molecule has 9 heteroatoms. The van der Waals surface area contributed by atoms with Gasteiger partial charge in [0.1, 0.15) is 22.8 Å². The Morgan fingerprint density at radius 1 is 1.21 bits per heavy atom. The smallest absolute Gasteiger partial charge is 0.341 e. The summed E-state index contributed by atoms with van der Waals surface area (Å²) in [5.41, 5.74) is 5.51. The van der Waals surface area contributed by atoms with Crippen LogP contribution in [0.2, 0.25) is 0 Å². The van der Waals surface area contributed by atoms with Crippen LogP contribution in [0, 0.1) is 11.6 Å². The van der Waals surface area contributed by atoms with E-state index in [4.69, 9.17) is 10.5 Å². The number of hydrogen-bond acceptors (Lipinski definition) is 5. The molecule has 0 unspecified atom stereocenters. The molecular weight excluding hydrogens is 432 g/mol. The minimum absolute atomic E-state index is 0.0711. The Morgan fingerprint density at radius 3 is 2.61 bits per heavy atom. The van der Waals surface area contributed by atoms with Crippen LogP contribution >= 0.6 is 0 Å². The molecule has 2 fully saturated rings. The van der Waals surface area contributed by atoms with E-state index in [1.807, 2.05) is 24.3 Å². The van der Waals surface area contributed by atoms with Crippen LogP contribution in [0.3, 0.4) is 0 Å². The number of carbonyl (C=O) groups is 1. The van der Waals surface area contributed by atoms with Crippen molar-refractivity contribution in [1.29, 1.82) is 0 Å². The zero-order valence-corrected chi connectivity index (χ0v) is 17.9. The van der Waals surface area contributed by atoms with Gasteiger partial charge < -0.3 is 25.0 Å². The van der Waals surface area contributed by atoms with E-state index < -0.39 is 34.6 Å². The molecular formula is C24H23F2N3O4. The van der Waals surface area contributed by atoms with Gasteiger partial charge in [-0.2, -0.15) is 0 Å². The maximum absolute atomic E-state index is 15.9. The molecule has 33 heavy (non-hydrogen) atoms. The number of para-hydroxylation sites is 1. The number of ether oxygens (including phenoxy) is 1. The van der Waals surface area contributed by atoms with E-state index in [0.717, 1.165) is 24.5 Å². The average Bonchev–Trinajstić information content (AvgIpc) is 3.56. The molecule has 1 aliphatic heterocycles. The van der Waals surface area contributed by atoms with E-state index in [2.05, 4.69) is 0 Å². The zero-order valence-electron chi connectivity index (χ0n) is 17.9. The van der Waals surface area contributed by atoms with Gasteiger partial charge in [-0.1, -0.05) is 18.2 Å². The molecule has 1 saturated heterocycles. The molecule has 2 atom stereocenters. The van der Waals surface area contributed by atoms with E-state index in [1.165, 1.54) is 10.8 Å². The number of carboxylic acids is 1. The van der Waals surface area contributed by atoms with Crippen molar-refractivity contribution >= 4 is 22.6 Å². The van der Waals surface area contributed by atoms with Gasteiger partial charge in [0.25, 0.3) is 0 Å². The summed E-state index contributed by atoms with van der Waals surface area (Å²) < 4.78 is 38.0. The molecule has 2 heterocycles. The van der Waals surface area contributed by atoms with E-state index in [0.29, 0.717) is 5.75 Å². The Hall–Kier alpha value is -3.46. The molecule has 0 amide bonds. The molecule has 5 rings (SSSR count). The molecule has 0 spiro atoms. The van der Waals surface area contributed by atoms with Crippen LogP contribution in [0.15, 0.2) is 41.3 Å². The number of anilines is 1. The lowest BCUT2D eigenvalue weighted by Crippen LogP contribution is -2.29. The van der Waals surface area contributed by atoms with Gasteiger partial charge in [-0.15, -0.1) is 0 Å². The van der Waals surface area contributed by atoms with Gasteiger partial charge >= 0.3 is 5.97 Å². The first-order valence-electron chi connectivity index (χ1n) is 10.7. The molecule has 1 aromatic heterocycles. The molecule has 3 aromatic rings. The number of benzene rings is 2. The number of pyridine rings is 1.